The van der Waals surface area contributed by atoms with Crippen molar-refractivity contribution in [2.45, 2.75) is 17.6 Å². The van der Waals surface area contributed by atoms with Gasteiger partial charge in [-0.2, -0.15) is 18.3 Å². The van der Waals surface area contributed by atoms with E-state index in [1.165, 1.54) is 42.7 Å². The molecule has 0 saturated heterocycles. The Labute approximate surface area is 202 Å². The molecule has 2 aromatic carbocycles. The van der Waals surface area contributed by atoms with E-state index >= 15 is 0 Å². The summed E-state index contributed by atoms with van der Waals surface area (Å²) >= 11 is 0. The van der Waals surface area contributed by atoms with E-state index in [1.807, 2.05) is 0 Å². The maximum absolute atomic E-state index is 13.4. The van der Waals surface area contributed by atoms with Gasteiger partial charge < -0.3 is 5.73 Å². The third kappa shape index (κ3) is 5.25. The molecule has 10 nitrogen and oxygen atoms in total. The van der Waals surface area contributed by atoms with Crippen molar-refractivity contribution in [2.24, 2.45) is 10.9 Å². The van der Waals surface area contributed by atoms with Crippen LogP contribution in [0.2, 0.25) is 0 Å². The van der Waals surface area contributed by atoms with Crippen molar-refractivity contribution in [3.63, 3.8) is 0 Å². The van der Waals surface area contributed by atoms with Gasteiger partial charge in [0.1, 0.15) is 5.69 Å². The molecule has 14 heteroatoms. The summed E-state index contributed by atoms with van der Waals surface area (Å²) in [5, 5.41) is 11.1. The van der Waals surface area contributed by atoms with Crippen molar-refractivity contribution >= 4 is 21.9 Å². The first-order chi connectivity index (χ1) is 17.0. The van der Waals surface area contributed by atoms with Crippen LogP contribution in [0.4, 0.5) is 19.1 Å². The molecule has 0 spiro atoms. The first kappa shape index (κ1) is 25.0. The lowest BCUT2D eigenvalue weighted by Crippen LogP contribution is -2.18. The van der Waals surface area contributed by atoms with Crippen LogP contribution in [0.1, 0.15) is 21.7 Å². The van der Waals surface area contributed by atoms with E-state index in [9.17, 15) is 26.4 Å². The van der Waals surface area contributed by atoms with Gasteiger partial charge in [-0.3, -0.25) is 10.1 Å². The molecule has 0 aliphatic rings. The zero-order valence-corrected chi connectivity index (χ0v) is 19.1. The minimum Gasteiger partial charge on any atom is -0.326 e. The van der Waals surface area contributed by atoms with Crippen LogP contribution in [0.5, 0.6) is 0 Å². The fourth-order valence-electron chi connectivity index (χ4n) is 3.34. The summed E-state index contributed by atoms with van der Waals surface area (Å²) in [4.78, 5) is 20.7. The minimum atomic E-state index is -4.79. The Hall–Kier alpha value is -4.14. The highest BCUT2D eigenvalue weighted by molar-refractivity contribution is 7.89. The van der Waals surface area contributed by atoms with Crippen LogP contribution in [0.15, 0.2) is 71.9 Å². The number of halogens is 3. The normalized spacial score (nSPS) is 11.9. The Morgan fingerprint density at radius 3 is 2.36 bits per heavy atom. The maximum Gasteiger partial charge on any atom is 0.435 e. The van der Waals surface area contributed by atoms with Gasteiger partial charge in [0.15, 0.2) is 5.69 Å². The average Bonchev–Trinajstić information content (AvgIpc) is 3.31. The topological polar surface area (TPSA) is 159 Å². The van der Waals surface area contributed by atoms with E-state index < -0.39 is 33.5 Å². The number of aromatic nitrogens is 4. The largest absolute Gasteiger partial charge is 0.435 e. The molecule has 0 atom stereocenters. The summed E-state index contributed by atoms with van der Waals surface area (Å²) < 4.78 is 64.6. The molecule has 0 saturated carbocycles. The summed E-state index contributed by atoms with van der Waals surface area (Å²) in [5.74, 6) is -1.18. The fourth-order valence-corrected chi connectivity index (χ4v) is 4.10. The van der Waals surface area contributed by atoms with Crippen LogP contribution in [-0.4, -0.2) is 34.1 Å². The fraction of sp³-hybridized carbons (Fsp3) is 0.0909. The zero-order valence-electron chi connectivity index (χ0n) is 18.3. The summed E-state index contributed by atoms with van der Waals surface area (Å²) in [6.45, 7) is 0.136. The minimum absolute atomic E-state index is 0.136. The first-order valence-electron chi connectivity index (χ1n) is 10.2. The molecule has 1 amide bonds. The van der Waals surface area contributed by atoms with Crippen LogP contribution in [0.25, 0.3) is 16.8 Å². The van der Waals surface area contributed by atoms with E-state index in [0.717, 1.165) is 4.68 Å². The van der Waals surface area contributed by atoms with Crippen molar-refractivity contribution in [3.8, 4) is 16.8 Å². The quantitative estimate of drug-likeness (QED) is 0.355. The van der Waals surface area contributed by atoms with Crippen LogP contribution in [-0.2, 0) is 22.7 Å². The highest BCUT2D eigenvalue weighted by Crippen LogP contribution is 2.30. The number of carbonyl (C=O) groups excluding carboxylic acids is 1. The number of rotatable bonds is 6. The molecule has 2 aromatic heterocycles. The number of nitrogens with two attached hydrogens (primary N) is 2. The summed E-state index contributed by atoms with van der Waals surface area (Å²) in [6, 6.07) is 12.8. The molecule has 5 N–H and O–H groups in total. The van der Waals surface area contributed by atoms with Gasteiger partial charge >= 0.3 is 6.18 Å². The lowest BCUT2D eigenvalue weighted by Gasteiger charge is -2.10. The second-order valence-electron chi connectivity index (χ2n) is 7.49. The smallest absolute Gasteiger partial charge is 0.326 e. The first-order valence-corrected chi connectivity index (χ1v) is 11.7. The lowest BCUT2D eigenvalue weighted by molar-refractivity contribution is -0.141. The number of benzene rings is 2. The van der Waals surface area contributed by atoms with Crippen LogP contribution in [0.3, 0.4) is 0 Å². The van der Waals surface area contributed by atoms with Crippen molar-refractivity contribution < 1.29 is 26.4 Å². The van der Waals surface area contributed by atoms with Gasteiger partial charge in [0.2, 0.25) is 16.0 Å². The number of primary sulfonamides is 1. The number of hydrogen-bond donors (Lipinski definition) is 3. The molecule has 0 aliphatic heterocycles. The van der Waals surface area contributed by atoms with Crippen molar-refractivity contribution in [1.29, 1.82) is 0 Å². The Kier molecular flexibility index (Phi) is 6.58. The van der Waals surface area contributed by atoms with E-state index in [4.69, 9.17) is 10.9 Å². The van der Waals surface area contributed by atoms with Crippen LogP contribution >= 0.6 is 0 Å². The number of anilines is 1. The third-order valence-corrected chi connectivity index (χ3v) is 5.97. The predicted octanol–water partition coefficient (Wildman–Crippen LogP) is 2.71. The standard InChI is InChI=1S/C22H18F3N7O3S/c23-22(24,25)19-9-17(32(31-19)15-5-3-4-13(8-15)10-26)20(33)30-21-28-11-14(12-29-21)16-6-1-2-7-18(16)36(27,34)35/h1-9,11-12H,10,26H2,(H2,27,34,35)(H,28,29,30,33). The zero-order chi connectivity index (χ0) is 26.1. The molecule has 0 radical (unpaired) electrons. The Morgan fingerprint density at radius 1 is 1.03 bits per heavy atom. The van der Waals surface area contributed by atoms with E-state index in [0.29, 0.717) is 17.2 Å². The molecule has 4 rings (SSSR count). The molecule has 0 fully saturated rings. The number of amides is 1. The average molecular weight is 517 g/mol. The maximum atomic E-state index is 13.4. The summed E-state index contributed by atoms with van der Waals surface area (Å²) in [6.07, 6.45) is -2.30. The van der Waals surface area contributed by atoms with Gasteiger partial charge in [-0.25, -0.2) is 28.2 Å². The molecular formula is C22H18F3N7O3S. The molecule has 0 aliphatic carbocycles. The van der Waals surface area contributed by atoms with Crippen LogP contribution in [0, 0.1) is 0 Å². The predicted molar refractivity (Wildman–Crippen MR) is 123 cm³/mol. The number of sulfonamides is 1. The number of nitrogens with one attached hydrogen (secondary N) is 1. The van der Waals surface area contributed by atoms with Gasteiger partial charge in [0, 0.05) is 36.1 Å². The lowest BCUT2D eigenvalue weighted by atomic mass is 10.1. The Bertz CT molecular complexity index is 1540. The van der Waals surface area contributed by atoms with Crippen LogP contribution < -0.4 is 16.2 Å². The highest BCUT2D eigenvalue weighted by atomic mass is 32.2. The van der Waals surface area contributed by atoms with Gasteiger partial charge in [-0.05, 0) is 23.8 Å². The highest BCUT2D eigenvalue weighted by Gasteiger charge is 2.36. The molecule has 4 aromatic rings. The van der Waals surface area contributed by atoms with Crippen molar-refractivity contribution in [3.05, 3.63) is 83.9 Å². The van der Waals surface area contributed by atoms with E-state index in [2.05, 4.69) is 20.4 Å². The Morgan fingerprint density at radius 2 is 1.72 bits per heavy atom. The van der Waals surface area contributed by atoms with E-state index in [-0.39, 0.29) is 28.6 Å². The molecule has 36 heavy (non-hydrogen) atoms. The third-order valence-electron chi connectivity index (χ3n) is 5.01. The molecule has 0 unspecified atom stereocenters. The van der Waals surface area contributed by atoms with Gasteiger partial charge in [0.25, 0.3) is 5.91 Å². The molecule has 2 heterocycles. The number of alkyl halides is 3. The second-order valence-corrected chi connectivity index (χ2v) is 9.02. The van der Waals surface area contributed by atoms with Gasteiger partial charge in [0.05, 0.1) is 10.6 Å². The van der Waals surface area contributed by atoms with Gasteiger partial charge in [-0.15, -0.1) is 0 Å². The number of carbonyl (C=O) groups is 1. The second kappa shape index (κ2) is 9.49. The number of hydrogen-bond acceptors (Lipinski definition) is 7. The summed E-state index contributed by atoms with van der Waals surface area (Å²) in [5.41, 5.74) is 5.30. The number of nitrogens with zero attached hydrogens (tertiary/aromatic N) is 4. The van der Waals surface area contributed by atoms with Gasteiger partial charge in [-0.1, -0.05) is 30.3 Å². The Balaban J connectivity index is 1.66. The van der Waals surface area contributed by atoms with Crippen molar-refractivity contribution in [2.75, 3.05) is 5.32 Å². The van der Waals surface area contributed by atoms with E-state index in [1.54, 1.807) is 18.2 Å². The molecule has 0 bridgehead atoms. The van der Waals surface area contributed by atoms with Crippen molar-refractivity contribution in [1.82, 2.24) is 19.7 Å². The monoisotopic (exact) mass is 517 g/mol. The molecule has 186 valence electrons. The molecular weight excluding hydrogens is 499 g/mol. The summed E-state index contributed by atoms with van der Waals surface area (Å²) in [7, 11) is -4.03. The SMILES string of the molecule is NCc1cccc(-n2nc(C(F)(F)F)cc2C(=O)Nc2ncc(-c3ccccc3S(N)(=O)=O)cn2)c1.